The number of hydrogen-bond donors (Lipinski definition) is 1. The third-order valence-corrected chi connectivity index (χ3v) is 3.48. The molecule has 18 heavy (non-hydrogen) atoms. The first-order chi connectivity index (χ1) is 8.47. The molecule has 5 nitrogen and oxygen atoms in total. The van der Waals surface area contributed by atoms with Gasteiger partial charge in [-0.25, -0.2) is 19.3 Å². The SMILES string of the molecule is Cc1nc(CC(Br)CC(C)C)cc2n[nH]c(=O)n12. The summed E-state index contributed by atoms with van der Waals surface area (Å²) in [5, 5.41) is 6.41. The molecule has 1 N–H and O–H groups in total. The highest BCUT2D eigenvalue weighted by Gasteiger charge is 2.12. The van der Waals surface area contributed by atoms with Crippen molar-refractivity contribution in [3.63, 3.8) is 0 Å². The maximum Gasteiger partial charge on any atom is 0.349 e. The minimum absolute atomic E-state index is 0.237. The molecule has 0 fully saturated rings. The van der Waals surface area contributed by atoms with E-state index in [-0.39, 0.29) is 5.69 Å². The highest BCUT2D eigenvalue weighted by molar-refractivity contribution is 9.09. The second-order valence-corrected chi connectivity index (χ2v) is 6.24. The van der Waals surface area contributed by atoms with E-state index < -0.39 is 0 Å². The Morgan fingerprint density at radius 3 is 2.89 bits per heavy atom. The molecule has 6 heteroatoms. The number of aryl methyl sites for hydroxylation is 1. The molecule has 0 saturated carbocycles. The quantitative estimate of drug-likeness (QED) is 0.879. The number of rotatable bonds is 4. The van der Waals surface area contributed by atoms with Crippen LogP contribution in [0.4, 0.5) is 0 Å². The maximum absolute atomic E-state index is 11.5. The number of halogens is 1. The summed E-state index contributed by atoms with van der Waals surface area (Å²) in [6, 6.07) is 1.86. The van der Waals surface area contributed by atoms with E-state index in [4.69, 9.17) is 0 Å². The van der Waals surface area contributed by atoms with Gasteiger partial charge in [0.1, 0.15) is 5.82 Å². The summed E-state index contributed by atoms with van der Waals surface area (Å²) >= 11 is 3.67. The van der Waals surface area contributed by atoms with Crippen molar-refractivity contribution in [2.45, 2.75) is 38.4 Å². The molecular formula is C12H17BrN4O. The molecule has 1 unspecified atom stereocenters. The van der Waals surface area contributed by atoms with E-state index in [9.17, 15) is 4.79 Å². The third kappa shape index (κ3) is 2.80. The summed E-state index contributed by atoms with van der Waals surface area (Å²) in [5.41, 5.74) is 1.35. The number of aromatic amines is 1. The monoisotopic (exact) mass is 312 g/mol. The van der Waals surface area contributed by atoms with Crippen molar-refractivity contribution in [3.05, 3.63) is 28.1 Å². The second kappa shape index (κ2) is 5.22. The van der Waals surface area contributed by atoms with E-state index in [1.54, 1.807) is 0 Å². The van der Waals surface area contributed by atoms with E-state index in [2.05, 4.69) is 45.0 Å². The van der Waals surface area contributed by atoms with Crippen LogP contribution in [0.15, 0.2) is 10.9 Å². The van der Waals surface area contributed by atoms with Crippen LogP contribution < -0.4 is 5.69 Å². The molecule has 0 saturated heterocycles. The van der Waals surface area contributed by atoms with Crippen molar-refractivity contribution in [2.24, 2.45) is 5.92 Å². The number of nitrogens with one attached hydrogen (secondary N) is 1. The highest BCUT2D eigenvalue weighted by atomic mass is 79.9. The van der Waals surface area contributed by atoms with Crippen molar-refractivity contribution in [3.8, 4) is 0 Å². The fourth-order valence-corrected chi connectivity index (χ4v) is 3.16. The van der Waals surface area contributed by atoms with Crippen LogP contribution in [0.5, 0.6) is 0 Å². The standard InChI is InChI=1S/C12H17BrN4O/c1-7(2)4-9(13)5-10-6-11-15-16-12(18)17(11)8(3)14-10/h6-7,9H,4-5H2,1-3H3,(H,16,18). The lowest BCUT2D eigenvalue weighted by Crippen LogP contribution is -2.15. The van der Waals surface area contributed by atoms with Gasteiger partial charge in [0.15, 0.2) is 5.65 Å². The van der Waals surface area contributed by atoms with Crippen molar-refractivity contribution in [2.75, 3.05) is 0 Å². The molecule has 2 aromatic heterocycles. The fourth-order valence-electron chi connectivity index (χ4n) is 2.08. The number of alkyl halides is 1. The van der Waals surface area contributed by atoms with E-state index in [0.717, 1.165) is 18.5 Å². The lowest BCUT2D eigenvalue weighted by atomic mass is 10.1. The van der Waals surface area contributed by atoms with Crippen molar-refractivity contribution < 1.29 is 0 Å². The van der Waals surface area contributed by atoms with Crippen molar-refractivity contribution >= 4 is 21.6 Å². The average molecular weight is 313 g/mol. The van der Waals surface area contributed by atoms with Gasteiger partial charge < -0.3 is 0 Å². The van der Waals surface area contributed by atoms with Gasteiger partial charge in [-0.2, -0.15) is 5.10 Å². The Hall–Kier alpha value is -1.17. The van der Waals surface area contributed by atoms with Gasteiger partial charge in [0, 0.05) is 23.0 Å². The van der Waals surface area contributed by atoms with Crippen LogP contribution in [0.1, 0.15) is 31.8 Å². The third-order valence-electron chi connectivity index (χ3n) is 2.78. The summed E-state index contributed by atoms with van der Waals surface area (Å²) < 4.78 is 1.48. The van der Waals surface area contributed by atoms with Gasteiger partial charge in [-0.1, -0.05) is 29.8 Å². The van der Waals surface area contributed by atoms with E-state index in [0.29, 0.717) is 22.2 Å². The number of nitrogens with zero attached hydrogens (tertiary/aromatic N) is 3. The molecule has 1 atom stereocenters. The average Bonchev–Trinajstić information content (AvgIpc) is 2.58. The molecule has 2 heterocycles. The Labute approximate surface area is 114 Å². The van der Waals surface area contributed by atoms with Crippen LogP contribution in [-0.4, -0.2) is 24.4 Å². The topological polar surface area (TPSA) is 63.0 Å². The number of H-pyrrole nitrogens is 1. The van der Waals surface area contributed by atoms with E-state index in [1.165, 1.54) is 4.40 Å². The predicted molar refractivity (Wildman–Crippen MR) is 74.2 cm³/mol. The fraction of sp³-hybridized carbons (Fsp3) is 0.583. The summed E-state index contributed by atoms with van der Waals surface area (Å²) in [7, 11) is 0. The Morgan fingerprint density at radius 1 is 1.50 bits per heavy atom. The zero-order valence-corrected chi connectivity index (χ0v) is 12.4. The normalized spacial score (nSPS) is 13.4. The van der Waals surface area contributed by atoms with Crippen molar-refractivity contribution in [1.82, 2.24) is 19.6 Å². The molecule has 2 aromatic rings. The minimum Gasteiger partial charge on any atom is -0.246 e. The molecule has 0 aliphatic heterocycles. The molecule has 0 radical (unpaired) electrons. The summed E-state index contributed by atoms with van der Waals surface area (Å²) in [6.45, 7) is 6.21. The molecule has 0 spiro atoms. The van der Waals surface area contributed by atoms with Gasteiger partial charge in [0.05, 0.1) is 0 Å². The predicted octanol–water partition coefficient (Wildman–Crippen LogP) is 2.08. The first-order valence-electron chi connectivity index (χ1n) is 6.05. The Morgan fingerprint density at radius 2 is 2.22 bits per heavy atom. The molecular weight excluding hydrogens is 296 g/mol. The summed E-state index contributed by atoms with van der Waals surface area (Å²) in [6.07, 6.45) is 1.94. The molecule has 0 aliphatic rings. The van der Waals surface area contributed by atoms with E-state index >= 15 is 0 Å². The molecule has 2 rings (SSSR count). The molecule has 0 amide bonds. The van der Waals surface area contributed by atoms with Crippen LogP contribution in [0.25, 0.3) is 5.65 Å². The largest absolute Gasteiger partial charge is 0.349 e. The van der Waals surface area contributed by atoms with Gasteiger partial charge in [0.25, 0.3) is 0 Å². The minimum atomic E-state index is -0.237. The van der Waals surface area contributed by atoms with Gasteiger partial charge in [-0.05, 0) is 19.3 Å². The molecule has 0 aromatic carbocycles. The van der Waals surface area contributed by atoms with E-state index in [1.807, 2.05) is 13.0 Å². The second-order valence-electron chi connectivity index (χ2n) is 4.95. The Balaban J connectivity index is 2.27. The molecule has 0 aliphatic carbocycles. The van der Waals surface area contributed by atoms with Crippen LogP contribution in [0.3, 0.4) is 0 Å². The lowest BCUT2D eigenvalue weighted by molar-refractivity contribution is 0.568. The van der Waals surface area contributed by atoms with Crippen LogP contribution in [0.2, 0.25) is 0 Å². The van der Waals surface area contributed by atoms with Crippen LogP contribution >= 0.6 is 15.9 Å². The lowest BCUT2D eigenvalue weighted by Gasteiger charge is -2.12. The highest BCUT2D eigenvalue weighted by Crippen LogP contribution is 2.17. The number of hydrogen-bond acceptors (Lipinski definition) is 3. The zero-order chi connectivity index (χ0) is 13.3. The first kappa shape index (κ1) is 13.3. The van der Waals surface area contributed by atoms with Gasteiger partial charge in [0.2, 0.25) is 0 Å². The number of fused-ring (bicyclic) bond motifs is 1. The van der Waals surface area contributed by atoms with Gasteiger partial charge >= 0.3 is 5.69 Å². The van der Waals surface area contributed by atoms with Crippen LogP contribution in [-0.2, 0) is 6.42 Å². The summed E-state index contributed by atoms with van der Waals surface area (Å²) in [5.74, 6) is 1.32. The van der Waals surface area contributed by atoms with Gasteiger partial charge in [-0.15, -0.1) is 0 Å². The van der Waals surface area contributed by atoms with Crippen LogP contribution in [0, 0.1) is 12.8 Å². The first-order valence-corrected chi connectivity index (χ1v) is 6.96. The molecule has 98 valence electrons. The molecule has 0 bridgehead atoms. The number of aromatic nitrogens is 4. The van der Waals surface area contributed by atoms with Gasteiger partial charge in [-0.3, -0.25) is 0 Å². The van der Waals surface area contributed by atoms with Crippen molar-refractivity contribution in [1.29, 1.82) is 0 Å². The summed E-state index contributed by atoms with van der Waals surface area (Å²) in [4.78, 5) is 16.3. The maximum atomic E-state index is 11.5. The Kier molecular flexibility index (Phi) is 3.85. The Bertz CT molecular complexity index is 602. The smallest absolute Gasteiger partial charge is 0.246 e. The zero-order valence-electron chi connectivity index (χ0n) is 10.8.